The number of nitriles is 1. The Morgan fingerprint density at radius 3 is 2.69 bits per heavy atom. The molecule has 0 spiro atoms. The maximum Gasteiger partial charge on any atom is 0.160 e. The highest BCUT2D eigenvalue weighted by Gasteiger charge is 2.14. The minimum absolute atomic E-state index is 0.0358. The van der Waals surface area contributed by atoms with Gasteiger partial charge in [0, 0.05) is 0 Å². The average molecular weight is 222 g/mol. The lowest BCUT2D eigenvalue weighted by atomic mass is 9.87. The van der Waals surface area contributed by atoms with Gasteiger partial charge in [-0.25, -0.2) is 0 Å². The molecule has 0 radical (unpaired) electrons. The lowest BCUT2D eigenvalue weighted by Crippen LogP contribution is -2.28. The van der Waals surface area contributed by atoms with Gasteiger partial charge in [-0.2, -0.15) is 5.26 Å². The van der Waals surface area contributed by atoms with Crippen molar-refractivity contribution in [3.8, 4) is 6.07 Å². The first-order valence-corrected chi connectivity index (χ1v) is 6.29. The van der Waals surface area contributed by atoms with Crippen molar-refractivity contribution in [3.63, 3.8) is 0 Å². The SMILES string of the molecule is CN(CCC1CCCCC1)CC(=O)CC#N. The smallest absolute Gasteiger partial charge is 0.160 e. The highest BCUT2D eigenvalue weighted by Crippen LogP contribution is 2.26. The Kier molecular flexibility index (Phi) is 6.10. The summed E-state index contributed by atoms with van der Waals surface area (Å²) in [7, 11) is 1.97. The first-order chi connectivity index (χ1) is 7.72. The zero-order chi connectivity index (χ0) is 11.8. The van der Waals surface area contributed by atoms with Gasteiger partial charge in [-0.05, 0) is 25.9 Å². The van der Waals surface area contributed by atoms with Crippen molar-refractivity contribution in [2.45, 2.75) is 44.9 Å². The van der Waals surface area contributed by atoms with E-state index in [1.165, 1.54) is 38.5 Å². The number of hydrogen-bond acceptors (Lipinski definition) is 3. The molecule has 0 aromatic carbocycles. The van der Waals surface area contributed by atoms with Gasteiger partial charge < -0.3 is 0 Å². The lowest BCUT2D eigenvalue weighted by Gasteiger charge is -2.24. The molecule has 0 amide bonds. The Hall–Kier alpha value is -0.880. The van der Waals surface area contributed by atoms with Gasteiger partial charge in [-0.1, -0.05) is 32.1 Å². The van der Waals surface area contributed by atoms with Crippen molar-refractivity contribution >= 4 is 5.78 Å². The zero-order valence-electron chi connectivity index (χ0n) is 10.2. The van der Waals surface area contributed by atoms with Crippen molar-refractivity contribution in [2.24, 2.45) is 5.92 Å². The molecule has 0 unspecified atom stereocenters. The number of ketones is 1. The zero-order valence-corrected chi connectivity index (χ0v) is 10.2. The Morgan fingerprint density at radius 1 is 1.38 bits per heavy atom. The minimum Gasteiger partial charge on any atom is -0.299 e. The average Bonchev–Trinajstić information content (AvgIpc) is 2.28. The summed E-state index contributed by atoms with van der Waals surface area (Å²) in [5.74, 6) is 0.899. The molecule has 0 heterocycles. The van der Waals surface area contributed by atoms with Gasteiger partial charge >= 0.3 is 0 Å². The quantitative estimate of drug-likeness (QED) is 0.693. The van der Waals surface area contributed by atoms with Crippen LogP contribution in [0.25, 0.3) is 0 Å². The lowest BCUT2D eigenvalue weighted by molar-refractivity contribution is -0.119. The van der Waals surface area contributed by atoms with E-state index in [0.717, 1.165) is 12.5 Å². The van der Waals surface area contributed by atoms with Gasteiger partial charge in [0.2, 0.25) is 0 Å². The summed E-state index contributed by atoms with van der Waals surface area (Å²) in [6, 6.07) is 1.90. The van der Waals surface area contributed by atoms with Crippen LogP contribution in [-0.4, -0.2) is 30.8 Å². The third-order valence-electron chi connectivity index (χ3n) is 3.37. The van der Waals surface area contributed by atoms with Crippen LogP contribution in [0, 0.1) is 17.2 Å². The minimum atomic E-state index is 0.0358. The Balaban J connectivity index is 2.11. The molecular formula is C13H22N2O. The fourth-order valence-corrected chi connectivity index (χ4v) is 2.40. The Morgan fingerprint density at radius 2 is 2.06 bits per heavy atom. The molecule has 0 atom stereocenters. The van der Waals surface area contributed by atoms with Gasteiger partial charge in [-0.3, -0.25) is 9.69 Å². The van der Waals surface area contributed by atoms with E-state index in [4.69, 9.17) is 5.26 Å². The van der Waals surface area contributed by atoms with Crippen LogP contribution in [0.2, 0.25) is 0 Å². The number of likely N-dealkylation sites (N-methyl/N-ethyl adjacent to an activating group) is 1. The van der Waals surface area contributed by atoms with Crippen molar-refractivity contribution in [2.75, 3.05) is 20.1 Å². The molecule has 0 aromatic rings. The van der Waals surface area contributed by atoms with E-state index in [0.29, 0.717) is 6.54 Å². The van der Waals surface area contributed by atoms with Crippen LogP contribution in [-0.2, 0) is 4.79 Å². The molecule has 0 aliphatic heterocycles. The summed E-state index contributed by atoms with van der Waals surface area (Å²) >= 11 is 0. The first-order valence-electron chi connectivity index (χ1n) is 6.29. The maximum atomic E-state index is 11.2. The molecule has 90 valence electrons. The van der Waals surface area contributed by atoms with E-state index in [-0.39, 0.29) is 12.2 Å². The summed E-state index contributed by atoms with van der Waals surface area (Å²) < 4.78 is 0. The topological polar surface area (TPSA) is 44.1 Å². The standard InChI is InChI=1S/C13H22N2O/c1-15(11-13(16)7-9-14)10-8-12-5-3-2-4-6-12/h12H,2-8,10-11H2,1H3. The van der Waals surface area contributed by atoms with Gasteiger partial charge in [0.1, 0.15) is 0 Å². The summed E-state index contributed by atoms with van der Waals surface area (Å²) in [6.45, 7) is 1.42. The van der Waals surface area contributed by atoms with E-state index in [9.17, 15) is 4.79 Å². The van der Waals surface area contributed by atoms with Crippen molar-refractivity contribution in [1.82, 2.24) is 4.90 Å². The number of hydrogen-bond donors (Lipinski definition) is 0. The second-order valence-corrected chi connectivity index (χ2v) is 4.90. The van der Waals surface area contributed by atoms with E-state index < -0.39 is 0 Å². The Bertz CT molecular complexity index is 251. The van der Waals surface area contributed by atoms with Gasteiger partial charge in [0.15, 0.2) is 5.78 Å². The molecule has 0 N–H and O–H groups in total. The van der Waals surface area contributed by atoms with Crippen molar-refractivity contribution < 1.29 is 4.79 Å². The molecule has 0 aromatic heterocycles. The fraction of sp³-hybridized carbons (Fsp3) is 0.846. The first kappa shape index (κ1) is 13.2. The van der Waals surface area contributed by atoms with E-state index in [1.54, 1.807) is 0 Å². The molecule has 1 aliphatic rings. The van der Waals surface area contributed by atoms with Crippen LogP contribution in [0.3, 0.4) is 0 Å². The van der Waals surface area contributed by atoms with Crippen LogP contribution < -0.4 is 0 Å². The molecule has 1 aliphatic carbocycles. The maximum absolute atomic E-state index is 11.2. The fourth-order valence-electron chi connectivity index (χ4n) is 2.40. The van der Waals surface area contributed by atoms with Gasteiger partial charge in [-0.15, -0.1) is 0 Å². The summed E-state index contributed by atoms with van der Waals surface area (Å²) in [5, 5.41) is 8.39. The van der Waals surface area contributed by atoms with Crippen molar-refractivity contribution in [3.05, 3.63) is 0 Å². The molecule has 3 heteroatoms. The molecule has 1 rings (SSSR count). The van der Waals surface area contributed by atoms with Crippen LogP contribution in [0.5, 0.6) is 0 Å². The molecule has 1 saturated carbocycles. The Labute approximate surface area is 98.4 Å². The predicted molar refractivity (Wildman–Crippen MR) is 63.9 cm³/mol. The summed E-state index contributed by atoms with van der Waals surface area (Å²) in [5.41, 5.74) is 0. The highest BCUT2D eigenvalue weighted by atomic mass is 16.1. The van der Waals surface area contributed by atoms with E-state index >= 15 is 0 Å². The van der Waals surface area contributed by atoms with Crippen LogP contribution >= 0.6 is 0 Å². The van der Waals surface area contributed by atoms with Gasteiger partial charge in [0.25, 0.3) is 0 Å². The number of carbonyl (C=O) groups is 1. The molecule has 0 saturated heterocycles. The molecule has 16 heavy (non-hydrogen) atoms. The van der Waals surface area contributed by atoms with Crippen molar-refractivity contribution in [1.29, 1.82) is 5.26 Å². The van der Waals surface area contributed by atoms with E-state index in [1.807, 2.05) is 18.0 Å². The second kappa shape index (κ2) is 7.40. The second-order valence-electron chi connectivity index (χ2n) is 4.90. The summed E-state index contributed by atoms with van der Waals surface area (Å²) in [6.07, 6.45) is 8.13. The van der Waals surface area contributed by atoms with Crippen LogP contribution in [0.15, 0.2) is 0 Å². The number of Topliss-reactive ketones (excluding diaryl/α,β-unsaturated/α-hetero) is 1. The normalized spacial score (nSPS) is 17.3. The molecule has 3 nitrogen and oxygen atoms in total. The third-order valence-corrected chi connectivity index (χ3v) is 3.37. The third kappa shape index (κ3) is 5.27. The molecular weight excluding hydrogens is 200 g/mol. The largest absolute Gasteiger partial charge is 0.299 e. The predicted octanol–water partition coefficient (Wildman–Crippen LogP) is 2.37. The van der Waals surface area contributed by atoms with Crippen LogP contribution in [0.4, 0.5) is 0 Å². The number of rotatable bonds is 6. The monoisotopic (exact) mass is 222 g/mol. The summed E-state index contributed by atoms with van der Waals surface area (Å²) in [4.78, 5) is 13.3. The molecule has 1 fully saturated rings. The van der Waals surface area contributed by atoms with Gasteiger partial charge in [0.05, 0.1) is 19.0 Å². The number of carbonyl (C=O) groups excluding carboxylic acids is 1. The highest BCUT2D eigenvalue weighted by molar-refractivity contribution is 5.82. The van der Waals surface area contributed by atoms with E-state index in [2.05, 4.69) is 0 Å². The molecule has 0 bridgehead atoms. The van der Waals surface area contributed by atoms with Crippen LogP contribution in [0.1, 0.15) is 44.9 Å². The number of nitrogens with zero attached hydrogens (tertiary/aromatic N) is 2.